The Morgan fingerprint density at radius 2 is 2.03 bits per heavy atom. The van der Waals surface area contributed by atoms with Crippen LogP contribution in [-0.4, -0.2) is 39.1 Å². The van der Waals surface area contributed by atoms with E-state index in [2.05, 4.69) is 15.2 Å². The summed E-state index contributed by atoms with van der Waals surface area (Å²) in [5.74, 6) is -1.51. The molecule has 0 bridgehead atoms. The molecule has 0 unspecified atom stereocenters. The predicted molar refractivity (Wildman–Crippen MR) is 111 cm³/mol. The molecule has 1 atom stereocenters. The molecular formula is C23H18F2N4O3. The first-order valence-electron chi connectivity index (χ1n) is 10.1. The van der Waals surface area contributed by atoms with Crippen LogP contribution < -0.4 is 4.74 Å². The van der Waals surface area contributed by atoms with Crippen LogP contribution in [0.3, 0.4) is 0 Å². The molecule has 0 radical (unpaired) electrons. The summed E-state index contributed by atoms with van der Waals surface area (Å²) in [6.07, 6.45) is 3.09. The third-order valence-electron chi connectivity index (χ3n) is 5.42. The summed E-state index contributed by atoms with van der Waals surface area (Å²) in [6.45, 7) is 0.105. The molecule has 5 rings (SSSR count). The van der Waals surface area contributed by atoms with E-state index >= 15 is 0 Å². The first kappa shape index (κ1) is 20.0. The van der Waals surface area contributed by atoms with Crippen LogP contribution in [0.4, 0.5) is 8.78 Å². The van der Waals surface area contributed by atoms with Crippen molar-refractivity contribution >= 4 is 16.7 Å². The molecule has 1 aliphatic rings. The lowest BCUT2D eigenvalue weighted by molar-refractivity contribution is -0.134. The van der Waals surface area contributed by atoms with Crippen LogP contribution in [0.2, 0.25) is 0 Å². The highest BCUT2D eigenvalue weighted by atomic mass is 19.1. The largest absolute Gasteiger partial charge is 0.481 e. The maximum absolute atomic E-state index is 13.8. The number of rotatable bonds is 5. The minimum absolute atomic E-state index is 0.183. The van der Waals surface area contributed by atoms with E-state index in [0.29, 0.717) is 30.6 Å². The molecule has 32 heavy (non-hydrogen) atoms. The number of hydrogen-bond donors (Lipinski definition) is 0. The van der Waals surface area contributed by atoms with Crippen LogP contribution in [-0.2, 0) is 4.79 Å². The van der Waals surface area contributed by atoms with Crippen LogP contribution >= 0.6 is 0 Å². The summed E-state index contributed by atoms with van der Waals surface area (Å²) in [6, 6.07) is 12.2. The molecule has 3 heterocycles. The van der Waals surface area contributed by atoms with E-state index in [9.17, 15) is 13.6 Å². The van der Waals surface area contributed by atoms with Gasteiger partial charge in [0.1, 0.15) is 17.6 Å². The molecule has 1 amide bonds. The average Bonchev–Trinajstić information content (AvgIpc) is 3.47. The van der Waals surface area contributed by atoms with E-state index in [4.69, 9.17) is 9.15 Å². The number of ether oxygens (including phenoxy) is 1. The number of carbonyl (C=O) groups is 1. The molecule has 1 aliphatic heterocycles. The Hall–Kier alpha value is -3.88. The molecule has 0 aliphatic carbocycles. The summed E-state index contributed by atoms with van der Waals surface area (Å²) in [5, 5.41) is 10.2. The van der Waals surface area contributed by atoms with Gasteiger partial charge in [0, 0.05) is 24.2 Å². The fraction of sp³-hybridized carbons (Fsp3) is 0.217. The van der Waals surface area contributed by atoms with Crippen LogP contribution in [0.25, 0.3) is 22.4 Å². The number of halogens is 2. The van der Waals surface area contributed by atoms with Gasteiger partial charge in [0.2, 0.25) is 5.89 Å². The van der Waals surface area contributed by atoms with E-state index in [1.54, 1.807) is 11.1 Å². The first-order chi connectivity index (χ1) is 15.6. The topological polar surface area (TPSA) is 81.4 Å². The van der Waals surface area contributed by atoms with E-state index in [-0.39, 0.29) is 24.2 Å². The second-order valence-electron chi connectivity index (χ2n) is 7.43. The average molecular weight is 436 g/mol. The van der Waals surface area contributed by atoms with Crippen molar-refractivity contribution < 1.29 is 22.7 Å². The lowest BCUT2D eigenvalue weighted by Crippen LogP contribution is -2.34. The third kappa shape index (κ3) is 3.77. The molecule has 0 spiro atoms. The van der Waals surface area contributed by atoms with Crippen molar-refractivity contribution in [1.82, 2.24) is 20.1 Å². The van der Waals surface area contributed by atoms with E-state index in [1.165, 1.54) is 0 Å². The normalized spacial score (nSPS) is 15.9. The van der Waals surface area contributed by atoms with Crippen LogP contribution in [0.1, 0.15) is 24.8 Å². The van der Waals surface area contributed by atoms with Crippen molar-refractivity contribution in [2.24, 2.45) is 0 Å². The Morgan fingerprint density at radius 3 is 2.91 bits per heavy atom. The zero-order valence-corrected chi connectivity index (χ0v) is 16.9. The quantitative estimate of drug-likeness (QED) is 0.464. The van der Waals surface area contributed by atoms with Gasteiger partial charge in [-0.3, -0.25) is 9.78 Å². The molecule has 2 aromatic heterocycles. The summed E-state index contributed by atoms with van der Waals surface area (Å²) in [7, 11) is 0. The number of carbonyl (C=O) groups excluding carboxylic acids is 1. The van der Waals surface area contributed by atoms with Crippen molar-refractivity contribution in [3.63, 3.8) is 0 Å². The standard InChI is InChI=1S/C23H18F2N4O3/c24-15-7-8-19(17(25)12-15)31-13-20(30)29-11-3-6-18(29)22-27-28-23(32-22)21-16-5-2-1-4-14(16)9-10-26-21/h1-2,4-5,7-10,12,18H,3,6,11,13H2/t18-/m1/s1. The van der Waals surface area contributed by atoms with E-state index in [0.717, 1.165) is 29.3 Å². The smallest absolute Gasteiger partial charge is 0.267 e. The number of hydrogen-bond acceptors (Lipinski definition) is 6. The number of aromatic nitrogens is 3. The fourth-order valence-electron chi connectivity index (χ4n) is 3.89. The molecule has 0 N–H and O–H groups in total. The monoisotopic (exact) mass is 436 g/mol. The lowest BCUT2D eigenvalue weighted by atomic mass is 10.1. The van der Waals surface area contributed by atoms with Crippen LogP contribution in [0.15, 0.2) is 59.1 Å². The maximum atomic E-state index is 13.8. The van der Waals surface area contributed by atoms with Crippen molar-refractivity contribution in [3.05, 3.63) is 72.3 Å². The molecular weight excluding hydrogens is 418 g/mol. The number of fused-ring (bicyclic) bond motifs is 1. The fourth-order valence-corrected chi connectivity index (χ4v) is 3.89. The maximum Gasteiger partial charge on any atom is 0.267 e. The predicted octanol–water partition coefficient (Wildman–Crippen LogP) is 4.31. The van der Waals surface area contributed by atoms with Gasteiger partial charge in [-0.15, -0.1) is 10.2 Å². The summed E-state index contributed by atoms with van der Waals surface area (Å²) >= 11 is 0. The molecule has 162 valence electrons. The Bertz CT molecular complexity index is 1290. The van der Waals surface area contributed by atoms with Gasteiger partial charge in [0.15, 0.2) is 18.2 Å². The number of pyridine rings is 1. The second-order valence-corrected chi connectivity index (χ2v) is 7.43. The Morgan fingerprint density at radius 1 is 1.16 bits per heavy atom. The highest BCUT2D eigenvalue weighted by Gasteiger charge is 2.34. The molecule has 1 fully saturated rings. The second kappa shape index (κ2) is 8.33. The molecule has 0 saturated carbocycles. The van der Waals surface area contributed by atoms with Crippen molar-refractivity contribution in [1.29, 1.82) is 0 Å². The highest BCUT2D eigenvalue weighted by Crippen LogP contribution is 2.33. The van der Waals surface area contributed by atoms with Gasteiger partial charge in [-0.25, -0.2) is 8.78 Å². The Kier molecular flexibility index (Phi) is 5.22. The van der Waals surface area contributed by atoms with Gasteiger partial charge >= 0.3 is 0 Å². The molecule has 9 heteroatoms. The number of nitrogens with zero attached hydrogens (tertiary/aromatic N) is 4. The molecule has 7 nitrogen and oxygen atoms in total. The molecule has 2 aromatic carbocycles. The van der Waals surface area contributed by atoms with Gasteiger partial charge in [-0.05, 0) is 36.4 Å². The van der Waals surface area contributed by atoms with Crippen molar-refractivity contribution in [3.8, 4) is 17.3 Å². The lowest BCUT2D eigenvalue weighted by Gasteiger charge is -2.22. The van der Waals surface area contributed by atoms with Crippen molar-refractivity contribution in [2.75, 3.05) is 13.2 Å². The van der Waals surface area contributed by atoms with Gasteiger partial charge in [0.05, 0.1) is 0 Å². The van der Waals surface area contributed by atoms with E-state index < -0.39 is 17.7 Å². The Balaban J connectivity index is 1.33. The summed E-state index contributed by atoms with van der Waals surface area (Å²) in [5.41, 5.74) is 0.577. The Labute approximate surface area is 181 Å². The van der Waals surface area contributed by atoms with Gasteiger partial charge in [0.25, 0.3) is 11.8 Å². The first-order valence-corrected chi connectivity index (χ1v) is 10.1. The summed E-state index contributed by atoms with van der Waals surface area (Å²) in [4.78, 5) is 18.7. The third-order valence-corrected chi connectivity index (χ3v) is 5.42. The van der Waals surface area contributed by atoms with E-state index in [1.807, 2.05) is 30.3 Å². The molecule has 1 saturated heterocycles. The zero-order chi connectivity index (χ0) is 22.1. The SMILES string of the molecule is O=C(COc1ccc(F)cc1F)N1CCC[C@@H]1c1nnc(-c2nccc3ccccc23)o1. The summed E-state index contributed by atoms with van der Waals surface area (Å²) < 4.78 is 38.0. The van der Waals surface area contributed by atoms with Crippen LogP contribution in [0.5, 0.6) is 5.75 Å². The number of amides is 1. The van der Waals surface area contributed by atoms with Gasteiger partial charge < -0.3 is 14.1 Å². The highest BCUT2D eigenvalue weighted by molar-refractivity contribution is 5.92. The number of benzene rings is 2. The van der Waals surface area contributed by atoms with Crippen LogP contribution in [0, 0.1) is 11.6 Å². The van der Waals surface area contributed by atoms with Gasteiger partial charge in [-0.1, -0.05) is 24.3 Å². The minimum Gasteiger partial charge on any atom is -0.481 e. The van der Waals surface area contributed by atoms with Crippen molar-refractivity contribution in [2.45, 2.75) is 18.9 Å². The minimum atomic E-state index is -0.861. The number of likely N-dealkylation sites (tertiary alicyclic amines) is 1. The zero-order valence-electron chi connectivity index (χ0n) is 16.9. The molecule has 4 aromatic rings. The van der Waals surface area contributed by atoms with Gasteiger partial charge in [-0.2, -0.15) is 0 Å².